The van der Waals surface area contributed by atoms with E-state index in [1.54, 1.807) is 25.1 Å². The van der Waals surface area contributed by atoms with Gasteiger partial charge in [0.05, 0.1) is 18.9 Å². The van der Waals surface area contributed by atoms with Gasteiger partial charge >= 0.3 is 6.03 Å². The molecule has 1 saturated heterocycles. The molecule has 1 atom stereocenters. The van der Waals surface area contributed by atoms with Crippen LogP contribution in [0.4, 0.5) is 10.5 Å². The number of benzene rings is 2. The van der Waals surface area contributed by atoms with Gasteiger partial charge in [-0.1, -0.05) is 6.07 Å². The summed E-state index contributed by atoms with van der Waals surface area (Å²) in [6.45, 7) is 3.38. The minimum Gasteiger partial charge on any atom is -0.490 e. The average Bonchev–Trinajstić information content (AvgIpc) is 3.25. The number of carbonyl (C=O) groups excluding carboxylic acids is 4. The van der Waals surface area contributed by atoms with Crippen molar-refractivity contribution in [3.63, 3.8) is 0 Å². The van der Waals surface area contributed by atoms with E-state index < -0.39 is 29.9 Å². The number of nitrogens with one attached hydrogen (secondary N) is 2. The maximum Gasteiger partial charge on any atom is 0.325 e. The van der Waals surface area contributed by atoms with Crippen LogP contribution in [-0.2, 0) is 15.1 Å². The number of hydrogen-bond acceptors (Lipinski definition) is 8. The second kappa shape index (κ2) is 8.49. The maximum atomic E-state index is 13.3. The normalized spacial score (nSPS) is 20.3. The van der Waals surface area contributed by atoms with Gasteiger partial charge in [0, 0.05) is 18.1 Å². The van der Waals surface area contributed by atoms with Crippen LogP contribution in [0.25, 0.3) is 0 Å². The third-order valence-electron chi connectivity index (χ3n) is 6.07. The minimum atomic E-state index is -1.40. The highest BCUT2D eigenvalue weighted by Gasteiger charge is 2.49. The van der Waals surface area contributed by atoms with Crippen molar-refractivity contribution < 1.29 is 38.1 Å². The Labute approximate surface area is 200 Å². The van der Waals surface area contributed by atoms with Crippen molar-refractivity contribution in [2.24, 2.45) is 0 Å². The third kappa shape index (κ3) is 3.98. The molecule has 3 aliphatic heterocycles. The van der Waals surface area contributed by atoms with Gasteiger partial charge in [0.1, 0.15) is 12.1 Å². The lowest BCUT2D eigenvalue weighted by Crippen LogP contribution is -2.42. The predicted octanol–water partition coefficient (Wildman–Crippen LogP) is 2.18. The van der Waals surface area contributed by atoms with Gasteiger partial charge in [-0.3, -0.25) is 19.3 Å². The van der Waals surface area contributed by atoms with Gasteiger partial charge in [-0.15, -0.1) is 0 Å². The summed E-state index contributed by atoms with van der Waals surface area (Å²) in [6.07, 6.45) is 0.731. The number of ketones is 1. The molecule has 0 radical (unpaired) electrons. The van der Waals surface area contributed by atoms with Crippen LogP contribution in [0.2, 0.25) is 0 Å². The van der Waals surface area contributed by atoms with Crippen molar-refractivity contribution in [1.82, 2.24) is 10.2 Å². The predicted molar refractivity (Wildman–Crippen MR) is 121 cm³/mol. The molecule has 35 heavy (non-hydrogen) atoms. The summed E-state index contributed by atoms with van der Waals surface area (Å²) in [4.78, 5) is 51.7. The van der Waals surface area contributed by atoms with Crippen molar-refractivity contribution in [3.8, 4) is 23.0 Å². The molecule has 0 unspecified atom stereocenters. The average molecular weight is 481 g/mol. The highest BCUT2D eigenvalue weighted by molar-refractivity contribution is 6.11. The topological polar surface area (TPSA) is 133 Å². The Kier molecular flexibility index (Phi) is 5.46. The van der Waals surface area contributed by atoms with Crippen molar-refractivity contribution in [3.05, 3.63) is 41.5 Å². The molecule has 3 heterocycles. The van der Waals surface area contributed by atoms with E-state index in [1.165, 1.54) is 19.1 Å². The van der Waals surface area contributed by atoms with E-state index in [4.69, 9.17) is 18.9 Å². The molecule has 11 nitrogen and oxygen atoms in total. The molecule has 0 saturated carbocycles. The Morgan fingerprint density at radius 1 is 1.00 bits per heavy atom. The van der Waals surface area contributed by atoms with Crippen LogP contribution in [0, 0.1) is 0 Å². The number of fused-ring (bicyclic) bond motifs is 2. The van der Waals surface area contributed by atoms with Crippen LogP contribution in [0.1, 0.15) is 36.2 Å². The van der Waals surface area contributed by atoms with Crippen molar-refractivity contribution in [1.29, 1.82) is 0 Å². The van der Waals surface area contributed by atoms with Gasteiger partial charge in [-0.2, -0.15) is 0 Å². The molecule has 0 aliphatic carbocycles. The molecule has 11 heteroatoms. The van der Waals surface area contributed by atoms with Crippen LogP contribution in [0.3, 0.4) is 0 Å². The molecule has 2 N–H and O–H groups in total. The zero-order valence-electron chi connectivity index (χ0n) is 19.1. The molecule has 1 fully saturated rings. The van der Waals surface area contributed by atoms with E-state index >= 15 is 0 Å². The largest absolute Gasteiger partial charge is 0.490 e. The van der Waals surface area contributed by atoms with Gasteiger partial charge in [0.15, 0.2) is 28.8 Å². The smallest absolute Gasteiger partial charge is 0.325 e. The molecule has 0 spiro atoms. The molecular weight excluding hydrogens is 458 g/mol. The molecule has 182 valence electrons. The number of nitrogens with zero attached hydrogens (tertiary/aromatic N) is 1. The first-order chi connectivity index (χ1) is 16.8. The number of hydrogen-bond donors (Lipinski definition) is 2. The summed E-state index contributed by atoms with van der Waals surface area (Å²) in [6, 6.07) is 7.28. The summed E-state index contributed by atoms with van der Waals surface area (Å²) < 4.78 is 21.9. The first-order valence-electron chi connectivity index (χ1n) is 11.0. The van der Waals surface area contributed by atoms with Gasteiger partial charge in [-0.05, 0) is 37.6 Å². The lowest BCUT2D eigenvalue weighted by atomic mass is 9.91. The van der Waals surface area contributed by atoms with E-state index in [0.29, 0.717) is 41.8 Å². The van der Waals surface area contributed by atoms with Crippen LogP contribution in [-0.4, -0.2) is 55.1 Å². The van der Waals surface area contributed by atoms with Crippen molar-refractivity contribution in [2.75, 3.05) is 31.9 Å². The number of Topliss-reactive ketones (excluding diaryl/α,β-unsaturated/α-hetero) is 1. The third-order valence-corrected chi connectivity index (χ3v) is 6.07. The van der Waals surface area contributed by atoms with E-state index in [0.717, 1.165) is 11.3 Å². The van der Waals surface area contributed by atoms with E-state index in [1.807, 2.05) is 0 Å². The molecular formula is C24H23N3O8. The number of rotatable bonds is 5. The molecule has 0 bridgehead atoms. The Bertz CT molecular complexity index is 1260. The van der Waals surface area contributed by atoms with E-state index in [-0.39, 0.29) is 23.8 Å². The summed E-state index contributed by atoms with van der Waals surface area (Å²) in [7, 11) is 0. The molecule has 3 aliphatic rings. The zero-order chi connectivity index (χ0) is 24.7. The Morgan fingerprint density at radius 3 is 2.43 bits per heavy atom. The Hall–Kier alpha value is -4.28. The number of imide groups is 1. The van der Waals surface area contributed by atoms with Gasteiger partial charge in [-0.25, -0.2) is 4.79 Å². The van der Waals surface area contributed by atoms with Gasteiger partial charge in [0.2, 0.25) is 12.7 Å². The molecule has 2 aromatic rings. The fourth-order valence-corrected chi connectivity index (χ4v) is 4.18. The number of ether oxygens (including phenoxy) is 4. The van der Waals surface area contributed by atoms with E-state index in [2.05, 4.69) is 10.6 Å². The first kappa shape index (κ1) is 22.5. The van der Waals surface area contributed by atoms with Crippen molar-refractivity contribution in [2.45, 2.75) is 25.8 Å². The standard InChI is InChI=1S/C24H23N3O8/c1-13(28)15-9-19-20(35-12-34-19)10-16(15)25-21(29)11-27-22(30)24(2,26-23(27)31)14-4-5-17-18(8-14)33-7-3-6-32-17/h4-5,8-10H,3,6-7,11-12H2,1-2H3,(H,25,29)(H,26,31)/t24-/m0/s1. The Morgan fingerprint density at radius 2 is 1.69 bits per heavy atom. The van der Waals surface area contributed by atoms with Crippen LogP contribution in [0.15, 0.2) is 30.3 Å². The number of urea groups is 1. The number of anilines is 1. The lowest BCUT2D eigenvalue weighted by molar-refractivity contribution is -0.133. The van der Waals surface area contributed by atoms with Gasteiger partial charge < -0.3 is 29.6 Å². The van der Waals surface area contributed by atoms with Gasteiger partial charge in [0.25, 0.3) is 5.91 Å². The highest BCUT2D eigenvalue weighted by Crippen LogP contribution is 2.38. The second-order valence-corrected chi connectivity index (χ2v) is 8.51. The quantitative estimate of drug-likeness (QED) is 0.491. The molecule has 2 aromatic carbocycles. The summed E-state index contributed by atoms with van der Waals surface area (Å²) in [5.41, 5.74) is -0.482. The summed E-state index contributed by atoms with van der Waals surface area (Å²) in [5, 5.41) is 5.27. The second-order valence-electron chi connectivity index (χ2n) is 8.51. The lowest BCUT2D eigenvalue weighted by Gasteiger charge is -2.23. The van der Waals surface area contributed by atoms with Crippen LogP contribution >= 0.6 is 0 Å². The van der Waals surface area contributed by atoms with Crippen LogP contribution in [0.5, 0.6) is 23.0 Å². The zero-order valence-corrected chi connectivity index (χ0v) is 19.1. The highest BCUT2D eigenvalue weighted by atomic mass is 16.7. The van der Waals surface area contributed by atoms with Crippen molar-refractivity contribution >= 4 is 29.3 Å². The first-order valence-corrected chi connectivity index (χ1v) is 11.0. The molecule has 5 rings (SSSR count). The minimum absolute atomic E-state index is 0.00493. The number of carbonyl (C=O) groups is 4. The fourth-order valence-electron chi connectivity index (χ4n) is 4.18. The summed E-state index contributed by atoms with van der Waals surface area (Å²) >= 11 is 0. The van der Waals surface area contributed by atoms with E-state index in [9.17, 15) is 19.2 Å². The molecule has 0 aromatic heterocycles. The fraction of sp³-hybridized carbons (Fsp3) is 0.333. The maximum absolute atomic E-state index is 13.3. The molecule has 4 amide bonds. The Balaban J connectivity index is 1.34. The monoisotopic (exact) mass is 481 g/mol. The number of amides is 4. The van der Waals surface area contributed by atoms with Crippen LogP contribution < -0.4 is 29.6 Å². The SMILES string of the molecule is CC(=O)c1cc2c(cc1NC(=O)CN1C(=O)N[C@@](C)(c3ccc4c(c3)OCCCO4)C1=O)OCO2. The summed E-state index contributed by atoms with van der Waals surface area (Å²) in [5.74, 6) is 0.278.